The molecule has 5 heteroatoms. The average Bonchev–Trinajstić information content (AvgIpc) is 2.69. The maximum absolute atomic E-state index is 12.2. The zero-order chi connectivity index (χ0) is 18.4. The third-order valence-electron chi connectivity index (χ3n) is 4.03. The Morgan fingerprint density at radius 2 is 1.62 bits per heavy atom. The van der Waals surface area contributed by atoms with E-state index in [1.54, 1.807) is 18.3 Å². The second-order valence-corrected chi connectivity index (χ2v) is 5.87. The summed E-state index contributed by atoms with van der Waals surface area (Å²) in [5, 5.41) is 12.0. The van der Waals surface area contributed by atoms with Crippen LogP contribution in [-0.2, 0) is 11.2 Å². The van der Waals surface area contributed by atoms with Crippen molar-refractivity contribution in [1.29, 1.82) is 0 Å². The van der Waals surface area contributed by atoms with Crippen molar-refractivity contribution < 1.29 is 14.7 Å². The number of pyridine rings is 1. The molecule has 1 atom stereocenters. The molecule has 0 saturated carbocycles. The highest BCUT2D eigenvalue weighted by atomic mass is 16.4. The van der Waals surface area contributed by atoms with Crippen LogP contribution in [0.15, 0.2) is 79.1 Å². The molecule has 0 unspecified atom stereocenters. The summed E-state index contributed by atoms with van der Waals surface area (Å²) in [5.74, 6) is -1.53. The number of carbonyl (C=O) groups excluding carboxylic acids is 1. The Kier molecular flexibility index (Phi) is 5.39. The van der Waals surface area contributed by atoms with Crippen LogP contribution < -0.4 is 5.32 Å². The summed E-state index contributed by atoms with van der Waals surface area (Å²) in [7, 11) is 0. The van der Waals surface area contributed by atoms with Gasteiger partial charge in [0.15, 0.2) is 0 Å². The van der Waals surface area contributed by atoms with E-state index < -0.39 is 17.9 Å². The molecule has 26 heavy (non-hydrogen) atoms. The number of nitrogens with one attached hydrogen (secondary N) is 1. The van der Waals surface area contributed by atoms with E-state index in [1.807, 2.05) is 54.6 Å². The Labute approximate surface area is 151 Å². The van der Waals surface area contributed by atoms with Gasteiger partial charge in [0.25, 0.3) is 5.91 Å². The fourth-order valence-electron chi connectivity index (χ4n) is 2.64. The lowest BCUT2D eigenvalue weighted by atomic mass is 10.0. The van der Waals surface area contributed by atoms with E-state index in [1.165, 1.54) is 6.20 Å². The molecule has 0 spiro atoms. The Balaban J connectivity index is 1.70. The smallest absolute Gasteiger partial charge is 0.326 e. The van der Waals surface area contributed by atoms with Crippen LogP contribution >= 0.6 is 0 Å². The first-order valence-corrected chi connectivity index (χ1v) is 8.21. The quantitative estimate of drug-likeness (QED) is 0.718. The van der Waals surface area contributed by atoms with Gasteiger partial charge in [-0.15, -0.1) is 0 Å². The highest BCUT2D eigenvalue weighted by molar-refractivity contribution is 5.96. The minimum Gasteiger partial charge on any atom is -0.480 e. The lowest BCUT2D eigenvalue weighted by molar-refractivity contribution is -0.139. The van der Waals surface area contributed by atoms with Gasteiger partial charge in [-0.2, -0.15) is 0 Å². The van der Waals surface area contributed by atoms with E-state index >= 15 is 0 Å². The van der Waals surface area contributed by atoms with Gasteiger partial charge in [-0.1, -0.05) is 54.6 Å². The summed E-state index contributed by atoms with van der Waals surface area (Å²) >= 11 is 0. The molecule has 1 heterocycles. The molecule has 0 radical (unpaired) electrons. The second kappa shape index (κ2) is 8.07. The minimum atomic E-state index is -1.07. The summed E-state index contributed by atoms with van der Waals surface area (Å²) in [6, 6.07) is 19.8. The van der Waals surface area contributed by atoms with Gasteiger partial charge in [-0.05, 0) is 28.8 Å². The topological polar surface area (TPSA) is 79.3 Å². The summed E-state index contributed by atoms with van der Waals surface area (Å²) < 4.78 is 0. The van der Waals surface area contributed by atoms with E-state index in [9.17, 15) is 14.7 Å². The average molecular weight is 346 g/mol. The fourth-order valence-corrected chi connectivity index (χ4v) is 2.64. The number of benzene rings is 2. The van der Waals surface area contributed by atoms with Gasteiger partial charge in [0.05, 0.1) is 5.56 Å². The molecule has 0 saturated heterocycles. The molecule has 3 rings (SSSR count). The van der Waals surface area contributed by atoms with Crippen LogP contribution in [0.4, 0.5) is 0 Å². The molecule has 1 aromatic heterocycles. The van der Waals surface area contributed by atoms with E-state index in [0.29, 0.717) is 5.56 Å². The third-order valence-corrected chi connectivity index (χ3v) is 4.03. The van der Waals surface area contributed by atoms with Gasteiger partial charge in [0, 0.05) is 18.8 Å². The molecule has 0 bridgehead atoms. The largest absolute Gasteiger partial charge is 0.480 e. The van der Waals surface area contributed by atoms with Crippen LogP contribution in [0.25, 0.3) is 11.1 Å². The molecule has 5 nitrogen and oxygen atoms in total. The zero-order valence-corrected chi connectivity index (χ0v) is 14.0. The van der Waals surface area contributed by atoms with E-state index in [0.717, 1.165) is 16.7 Å². The number of aliphatic carboxylic acids is 1. The van der Waals surface area contributed by atoms with Crippen molar-refractivity contribution >= 4 is 11.9 Å². The Morgan fingerprint density at radius 1 is 0.923 bits per heavy atom. The minimum absolute atomic E-state index is 0.205. The molecule has 0 aliphatic heterocycles. The summed E-state index contributed by atoms with van der Waals surface area (Å²) in [6.45, 7) is 0. The number of carboxylic acids is 1. The number of nitrogens with zero attached hydrogens (tertiary/aromatic N) is 1. The normalized spacial score (nSPS) is 11.5. The Bertz CT molecular complexity index is 878. The highest BCUT2D eigenvalue weighted by Gasteiger charge is 2.21. The Morgan fingerprint density at radius 3 is 2.23 bits per heavy atom. The number of aromatic nitrogens is 1. The van der Waals surface area contributed by atoms with E-state index in [-0.39, 0.29) is 6.42 Å². The maximum atomic E-state index is 12.2. The summed E-state index contributed by atoms with van der Waals surface area (Å²) in [6.07, 6.45) is 3.17. The number of carbonyl (C=O) groups is 2. The van der Waals surface area contributed by atoms with Crippen molar-refractivity contribution in [1.82, 2.24) is 10.3 Å². The van der Waals surface area contributed by atoms with Crippen molar-refractivity contribution in [3.05, 3.63) is 90.3 Å². The second-order valence-electron chi connectivity index (χ2n) is 5.87. The van der Waals surface area contributed by atoms with E-state index in [2.05, 4.69) is 10.3 Å². The van der Waals surface area contributed by atoms with Gasteiger partial charge in [-0.3, -0.25) is 9.78 Å². The number of rotatable bonds is 6. The van der Waals surface area contributed by atoms with E-state index in [4.69, 9.17) is 0 Å². The predicted octanol–water partition coefficient (Wildman–Crippen LogP) is 3.17. The molecule has 0 fully saturated rings. The van der Waals surface area contributed by atoms with Crippen LogP contribution in [0.5, 0.6) is 0 Å². The van der Waals surface area contributed by atoms with Crippen LogP contribution in [-0.4, -0.2) is 28.0 Å². The van der Waals surface area contributed by atoms with Crippen molar-refractivity contribution in [2.24, 2.45) is 0 Å². The van der Waals surface area contributed by atoms with Gasteiger partial charge in [-0.25, -0.2) is 4.79 Å². The molecular formula is C21H18N2O3. The zero-order valence-electron chi connectivity index (χ0n) is 14.0. The monoisotopic (exact) mass is 346 g/mol. The van der Waals surface area contributed by atoms with Gasteiger partial charge >= 0.3 is 5.97 Å². The van der Waals surface area contributed by atoms with Crippen molar-refractivity contribution in [2.45, 2.75) is 12.5 Å². The van der Waals surface area contributed by atoms with Crippen molar-refractivity contribution in [3.63, 3.8) is 0 Å². The first-order chi connectivity index (χ1) is 12.6. The van der Waals surface area contributed by atoms with Crippen molar-refractivity contribution in [3.8, 4) is 11.1 Å². The van der Waals surface area contributed by atoms with Crippen LogP contribution in [0, 0.1) is 0 Å². The number of amides is 1. The van der Waals surface area contributed by atoms with Gasteiger partial charge in [0.2, 0.25) is 0 Å². The molecule has 1 amide bonds. The highest BCUT2D eigenvalue weighted by Crippen LogP contribution is 2.19. The maximum Gasteiger partial charge on any atom is 0.326 e. The Hall–Kier alpha value is -3.47. The summed E-state index contributed by atoms with van der Waals surface area (Å²) in [4.78, 5) is 27.6. The fraction of sp³-hybridized carbons (Fsp3) is 0.0952. The molecule has 3 aromatic rings. The molecule has 2 aromatic carbocycles. The van der Waals surface area contributed by atoms with Crippen molar-refractivity contribution in [2.75, 3.05) is 0 Å². The first kappa shape index (κ1) is 17.4. The van der Waals surface area contributed by atoms with Crippen LogP contribution in [0.1, 0.15) is 15.9 Å². The van der Waals surface area contributed by atoms with Crippen LogP contribution in [0.3, 0.4) is 0 Å². The molecule has 0 aliphatic carbocycles. The standard InChI is InChI=1S/C21H18N2O3/c24-20(18-7-4-12-22-14-18)23-19(21(25)26)13-15-8-10-17(11-9-15)16-5-2-1-3-6-16/h1-12,14,19H,13H2,(H,23,24)(H,25,26)/t19-/m0/s1. The van der Waals surface area contributed by atoms with Gasteiger partial charge in [0.1, 0.15) is 6.04 Å². The predicted molar refractivity (Wildman–Crippen MR) is 98.7 cm³/mol. The SMILES string of the molecule is O=C(N[C@@H](Cc1ccc(-c2ccccc2)cc1)C(=O)O)c1cccnc1. The molecule has 2 N–H and O–H groups in total. The number of hydrogen-bond donors (Lipinski definition) is 2. The molecule has 130 valence electrons. The lowest BCUT2D eigenvalue weighted by Crippen LogP contribution is -2.42. The molecule has 0 aliphatic rings. The summed E-state index contributed by atoms with van der Waals surface area (Å²) in [5.41, 5.74) is 3.32. The number of carboxylic acid groups (broad SMARTS) is 1. The first-order valence-electron chi connectivity index (χ1n) is 8.21. The molecular weight excluding hydrogens is 328 g/mol. The number of hydrogen-bond acceptors (Lipinski definition) is 3. The third kappa shape index (κ3) is 4.33. The lowest BCUT2D eigenvalue weighted by Gasteiger charge is -2.15. The van der Waals surface area contributed by atoms with Crippen LogP contribution in [0.2, 0.25) is 0 Å². The van der Waals surface area contributed by atoms with Gasteiger partial charge < -0.3 is 10.4 Å².